The van der Waals surface area contributed by atoms with E-state index in [1.165, 1.54) is 11.1 Å². The van der Waals surface area contributed by atoms with E-state index in [1.807, 2.05) is 0 Å². The average molecular weight is 314 g/mol. The first-order chi connectivity index (χ1) is 8.70. The number of rotatable bonds is 6. The number of aliphatic hydroxyl groups excluding tert-OH is 1. The largest absolute Gasteiger partial charge is 0.493 e. The standard InChI is InChI=1S/C14H20BrNO2/c1-10(3-2-5-17)16-9-12-8-13(15)7-11-4-6-18-14(11)12/h7-8,10,16-17H,2-6,9H2,1H3. The van der Waals surface area contributed by atoms with Gasteiger partial charge in [0.15, 0.2) is 0 Å². The van der Waals surface area contributed by atoms with Gasteiger partial charge in [0.25, 0.3) is 0 Å². The minimum atomic E-state index is 0.265. The first-order valence-electron chi connectivity index (χ1n) is 6.49. The summed E-state index contributed by atoms with van der Waals surface area (Å²) in [6, 6.07) is 4.67. The van der Waals surface area contributed by atoms with Gasteiger partial charge in [-0.2, -0.15) is 0 Å². The molecule has 0 radical (unpaired) electrons. The highest BCUT2D eigenvalue weighted by atomic mass is 79.9. The molecule has 2 N–H and O–H groups in total. The lowest BCUT2D eigenvalue weighted by atomic mass is 10.1. The maximum absolute atomic E-state index is 8.81. The van der Waals surface area contributed by atoms with E-state index in [-0.39, 0.29) is 6.61 Å². The van der Waals surface area contributed by atoms with E-state index in [0.29, 0.717) is 6.04 Å². The smallest absolute Gasteiger partial charge is 0.127 e. The van der Waals surface area contributed by atoms with Crippen molar-refractivity contribution >= 4 is 15.9 Å². The summed E-state index contributed by atoms with van der Waals surface area (Å²) in [5.74, 6) is 1.06. The van der Waals surface area contributed by atoms with Crippen LogP contribution >= 0.6 is 15.9 Å². The third-order valence-corrected chi connectivity index (χ3v) is 3.72. The zero-order valence-corrected chi connectivity index (χ0v) is 12.3. The molecule has 1 aromatic rings. The Balaban J connectivity index is 1.97. The molecule has 0 saturated heterocycles. The number of nitrogens with one attached hydrogen (secondary N) is 1. The highest BCUT2D eigenvalue weighted by Gasteiger charge is 2.17. The topological polar surface area (TPSA) is 41.5 Å². The lowest BCUT2D eigenvalue weighted by molar-refractivity contribution is 0.276. The Morgan fingerprint density at radius 2 is 2.33 bits per heavy atom. The quantitative estimate of drug-likeness (QED) is 0.848. The zero-order chi connectivity index (χ0) is 13.0. The van der Waals surface area contributed by atoms with Crippen LogP contribution in [0.2, 0.25) is 0 Å². The second-order valence-electron chi connectivity index (χ2n) is 4.80. The van der Waals surface area contributed by atoms with E-state index >= 15 is 0 Å². The molecule has 0 aliphatic carbocycles. The molecule has 100 valence electrons. The molecule has 18 heavy (non-hydrogen) atoms. The lowest BCUT2D eigenvalue weighted by Crippen LogP contribution is -2.25. The molecular formula is C14H20BrNO2. The van der Waals surface area contributed by atoms with Crippen LogP contribution in [-0.4, -0.2) is 24.4 Å². The summed E-state index contributed by atoms with van der Waals surface area (Å²) >= 11 is 3.55. The van der Waals surface area contributed by atoms with E-state index in [0.717, 1.165) is 42.6 Å². The molecule has 1 aromatic carbocycles. The molecule has 0 aromatic heterocycles. The molecule has 0 fully saturated rings. The van der Waals surface area contributed by atoms with Crippen LogP contribution in [-0.2, 0) is 13.0 Å². The molecule has 0 saturated carbocycles. The van der Waals surface area contributed by atoms with Crippen molar-refractivity contribution in [3.05, 3.63) is 27.7 Å². The minimum Gasteiger partial charge on any atom is -0.493 e. The van der Waals surface area contributed by atoms with Crippen molar-refractivity contribution in [3.8, 4) is 5.75 Å². The van der Waals surface area contributed by atoms with Crippen molar-refractivity contribution in [3.63, 3.8) is 0 Å². The Morgan fingerprint density at radius 1 is 1.50 bits per heavy atom. The van der Waals surface area contributed by atoms with Gasteiger partial charge in [-0.25, -0.2) is 0 Å². The van der Waals surface area contributed by atoms with Crippen LogP contribution in [0, 0.1) is 0 Å². The molecule has 1 aliphatic heterocycles. The number of hydrogen-bond donors (Lipinski definition) is 2. The summed E-state index contributed by atoms with van der Waals surface area (Å²) in [6.07, 6.45) is 2.84. The monoisotopic (exact) mass is 313 g/mol. The molecule has 1 unspecified atom stereocenters. The number of aliphatic hydroxyl groups is 1. The fraction of sp³-hybridized carbons (Fsp3) is 0.571. The number of fused-ring (bicyclic) bond motifs is 1. The molecule has 0 bridgehead atoms. The SMILES string of the molecule is CC(CCCO)NCc1cc(Br)cc2c1OCC2. The van der Waals surface area contributed by atoms with Crippen molar-refractivity contribution in [1.82, 2.24) is 5.32 Å². The van der Waals surface area contributed by atoms with Gasteiger partial charge < -0.3 is 15.2 Å². The fourth-order valence-electron chi connectivity index (χ4n) is 2.26. The molecular weight excluding hydrogens is 294 g/mol. The highest BCUT2D eigenvalue weighted by molar-refractivity contribution is 9.10. The van der Waals surface area contributed by atoms with Gasteiger partial charge in [0.2, 0.25) is 0 Å². The summed E-state index contributed by atoms with van der Waals surface area (Å²) in [7, 11) is 0. The third-order valence-electron chi connectivity index (χ3n) is 3.26. The van der Waals surface area contributed by atoms with Crippen molar-refractivity contribution < 1.29 is 9.84 Å². The molecule has 3 nitrogen and oxygen atoms in total. The molecule has 0 amide bonds. The normalized spacial score (nSPS) is 15.3. The maximum atomic E-state index is 8.81. The van der Waals surface area contributed by atoms with Crippen molar-refractivity contribution in [1.29, 1.82) is 0 Å². The summed E-state index contributed by atoms with van der Waals surface area (Å²) < 4.78 is 6.81. The van der Waals surface area contributed by atoms with Gasteiger partial charge >= 0.3 is 0 Å². The van der Waals surface area contributed by atoms with Crippen LogP contribution < -0.4 is 10.1 Å². The number of hydrogen-bond acceptors (Lipinski definition) is 3. The zero-order valence-electron chi connectivity index (χ0n) is 10.7. The van der Waals surface area contributed by atoms with Gasteiger partial charge in [0, 0.05) is 35.7 Å². The maximum Gasteiger partial charge on any atom is 0.127 e. The van der Waals surface area contributed by atoms with Crippen LogP contribution in [0.1, 0.15) is 30.9 Å². The van der Waals surface area contributed by atoms with Crippen LogP contribution in [0.4, 0.5) is 0 Å². The molecule has 1 atom stereocenters. The summed E-state index contributed by atoms with van der Waals surface area (Å²) in [5.41, 5.74) is 2.51. The second kappa shape index (κ2) is 6.55. The first-order valence-corrected chi connectivity index (χ1v) is 7.28. The molecule has 4 heteroatoms. The third kappa shape index (κ3) is 3.46. The van der Waals surface area contributed by atoms with Gasteiger partial charge in [-0.3, -0.25) is 0 Å². The fourth-order valence-corrected chi connectivity index (χ4v) is 2.81. The molecule has 1 aliphatic rings. The summed E-state index contributed by atoms with van der Waals surface area (Å²) in [6.45, 7) is 4.02. The summed E-state index contributed by atoms with van der Waals surface area (Å²) in [4.78, 5) is 0. The predicted molar refractivity (Wildman–Crippen MR) is 76.0 cm³/mol. The van der Waals surface area contributed by atoms with E-state index < -0.39 is 0 Å². The molecule has 1 heterocycles. The predicted octanol–water partition coefficient (Wildman–Crippen LogP) is 2.63. The van der Waals surface area contributed by atoms with Crippen LogP contribution in [0.5, 0.6) is 5.75 Å². The molecule has 2 rings (SSSR count). The minimum absolute atomic E-state index is 0.265. The van der Waals surface area contributed by atoms with Gasteiger partial charge in [0.1, 0.15) is 5.75 Å². The lowest BCUT2D eigenvalue weighted by Gasteiger charge is -2.15. The number of benzene rings is 1. The van der Waals surface area contributed by atoms with Crippen LogP contribution in [0.25, 0.3) is 0 Å². The second-order valence-corrected chi connectivity index (χ2v) is 5.72. The Kier molecular flexibility index (Phi) is 5.03. The van der Waals surface area contributed by atoms with Crippen LogP contribution in [0.3, 0.4) is 0 Å². The molecule has 0 spiro atoms. The Hall–Kier alpha value is -0.580. The van der Waals surface area contributed by atoms with E-state index in [2.05, 4.69) is 40.3 Å². The van der Waals surface area contributed by atoms with Gasteiger partial charge in [-0.15, -0.1) is 0 Å². The van der Waals surface area contributed by atoms with E-state index in [1.54, 1.807) is 0 Å². The summed E-state index contributed by atoms with van der Waals surface area (Å²) in [5, 5.41) is 12.3. The van der Waals surface area contributed by atoms with Gasteiger partial charge in [-0.05, 0) is 37.5 Å². The van der Waals surface area contributed by atoms with Crippen molar-refractivity contribution in [2.45, 2.75) is 38.8 Å². The van der Waals surface area contributed by atoms with Gasteiger partial charge in [0.05, 0.1) is 6.61 Å². The highest BCUT2D eigenvalue weighted by Crippen LogP contribution is 2.32. The van der Waals surface area contributed by atoms with Crippen molar-refractivity contribution in [2.24, 2.45) is 0 Å². The Bertz CT molecular complexity index is 409. The Labute approximate surface area is 117 Å². The average Bonchev–Trinajstić information content (AvgIpc) is 2.81. The van der Waals surface area contributed by atoms with Crippen molar-refractivity contribution in [2.75, 3.05) is 13.2 Å². The Morgan fingerprint density at radius 3 is 3.11 bits per heavy atom. The van der Waals surface area contributed by atoms with E-state index in [9.17, 15) is 0 Å². The number of halogens is 1. The first kappa shape index (κ1) is 13.8. The van der Waals surface area contributed by atoms with Crippen LogP contribution in [0.15, 0.2) is 16.6 Å². The van der Waals surface area contributed by atoms with E-state index in [4.69, 9.17) is 9.84 Å². The number of ether oxygens (including phenoxy) is 1. The van der Waals surface area contributed by atoms with Gasteiger partial charge in [-0.1, -0.05) is 15.9 Å².